The molecule has 2 N–H and O–H groups in total. The van der Waals surface area contributed by atoms with Gasteiger partial charge in [0.15, 0.2) is 5.96 Å². The molecule has 0 aliphatic rings. The van der Waals surface area contributed by atoms with Crippen molar-refractivity contribution < 1.29 is 0 Å². The van der Waals surface area contributed by atoms with E-state index < -0.39 is 0 Å². The maximum atomic E-state index is 4.13. The van der Waals surface area contributed by atoms with Crippen LogP contribution in [0.3, 0.4) is 0 Å². The third-order valence-corrected chi connectivity index (χ3v) is 2.63. The molecule has 17 heavy (non-hydrogen) atoms. The quantitative estimate of drug-likeness (QED) is 0.340. The summed E-state index contributed by atoms with van der Waals surface area (Å²) in [5.74, 6) is 1.93. The van der Waals surface area contributed by atoms with Gasteiger partial charge in [0.2, 0.25) is 0 Å². The Bertz CT molecular complexity index is 302. The first kappa shape index (κ1) is 16.6. The van der Waals surface area contributed by atoms with Crippen LogP contribution < -0.4 is 10.6 Å². The van der Waals surface area contributed by atoms with Crippen molar-refractivity contribution in [3.8, 4) is 0 Å². The predicted molar refractivity (Wildman–Crippen MR) is 85.4 cm³/mol. The van der Waals surface area contributed by atoms with Crippen molar-refractivity contribution >= 4 is 41.7 Å². The molecular formula is C10H20IN5S. The number of hydrogen-bond acceptors (Lipinski definition) is 3. The van der Waals surface area contributed by atoms with Gasteiger partial charge >= 0.3 is 0 Å². The lowest BCUT2D eigenvalue weighted by Gasteiger charge is -2.11. The third-order valence-electron chi connectivity index (χ3n) is 2.01. The molecule has 0 aromatic carbocycles. The molecule has 0 fully saturated rings. The highest BCUT2D eigenvalue weighted by Crippen LogP contribution is 1.87. The van der Waals surface area contributed by atoms with E-state index in [1.807, 2.05) is 28.7 Å². The van der Waals surface area contributed by atoms with Crippen molar-refractivity contribution in [1.29, 1.82) is 0 Å². The normalized spacial score (nSPS) is 10.8. The Hall–Kier alpha value is -0.440. The Labute approximate surface area is 124 Å². The molecule has 7 heteroatoms. The molecule has 5 nitrogen and oxygen atoms in total. The minimum atomic E-state index is 0. The molecule has 0 spiro atoms. The highest BCUT2D eigenvalue weighted by molar-refractivity contribution is 14.0. The van der Waals surface area contributed by atoms with Gasteiger partial charge in [0, 0.05) is 38.3 Å². The van der Waals surface area contributed by atoms with Gasteiger partial charge < -0.3 is 10.6 Å². The third kappa shape index (κ3) is 7.48. The molecule has 0 bridgehead atoms. The highest BCUT2D eigenvalue weighted by Gasteiger charge is 1.96. The van der Waals surface area contributed by atoms with Crippen LogP contribution in [0, 0.1) is 0 Å². The van der Waals surface area contributed by atoms with Crippen LogP contribution in [0.15, 0.2) is 23.5 Å². The van der Waals surface area contributed by atoms with E-state index >= 15 is 0 Å². The van der Waals surface area contributed by atoms with Crippen LogP contribution in [0.1, 0.15) is 0 Å². The first-order valence-electron chi connectivity index (χ1n) is 5.27. The van der Waals surface area contributed by atoms with Crippen molar-refractivity contribution in [3.63, 3.8) is 0 Å². The molecule has 98 valence electrons. The Balaban J connectivity index is 0.00000256. The largest absolute Gasteiger partial charge is 0.356 e. The molecule has 1 rings (SSSR count). The van der Waals surface area contributed by atoms with Crippen LogP contribution >= 0.6 is 35.7 Å². The van der Waals surface area contributed by atoms with E-state index in [0.717, 1.165) is 31.3 Å². The fourth-order valence-corrected chi connectivity index (χ4v) is 1.52. The number of rotatable bonds is 6. The van der Waals surface area contributed by atoms with E-state index in [4.69, 9.17) is 0 Å². The van der Waals surface area contributed by atoms with Crippen LogP contribution in [0.5, 0.6) is 0 Å². The predicted octanol–water partition coefficient (Wildman–Crippen LogP) is 1.03. The lowest BCUT2D eigenvalue weighted by Crippen LogP contribution is -2.39. The number of thioether (sulfide) groups is 1. The van der Waals surface area contributed by atoms with Crippen LogP contribution in [-0.2, 0) is 6.54 Å². The summed E-state index contributed by atoms with van der Waals surface area (Å²) in [4.78, 5) is 4.13. The molecule has 1 aromatic rings. The zero-order chi connectivity index (χ0) is 11.6. The number of aromatic nitrogens is 2. The average Bonchev–Trinajstić information content (AvgIpc) is 2.80. The molecule has 0 saturated heterocycles. The van der Waals surface area contributed by atoms with Gasteiger partial charge in [-0.05, 0) is 12.3 Å². The SMILES string of the molecule is CN=C(NCCSC)NCCn1cccn1.I. The number of guanidine groups is 1. The van der Waals surface area contributed by atoms with Gasteiger partial charge in [-0.2, -0.15) is 16.9 Å². The number of nitrogens with one attached hydrogen (secondary N) is 2. The fraction of sp³-hybridized carbons (Fsp3) is 0.600. The molecule has 1 aromatic heterocycles. The van der Waals surface area contributed by atoms with E-state index in [1.165, 1.54) is 0 Å². The zero-order valence-corrected chi connectivity index (χ0v) is 13.4. The van der Waals surface area contributed by atoms with Crippen molar-refractivity contribution in [1.82, 2.24) is 20.4 Å². The minimum absolute atomic E-state index is 0. The van der Waals surface area contributed by atoms with Gasteiger partial charge in [-0.15, -0.1) is 24.0 Å². The second-order valence-corrected chi connectivity index (χ2v) is 4.17. The Morgan fingerprint density at radius 2 is 2.18 bits per heavy atom. The number of halogens is 1. The van der Waals surface area contributed by atoms with Crippen molar-refractivity contribution in [2.75, 3.05) is 32.1 Å². The summed E-state index contributed by atoms with van der Waals surface area (Å²) in [7, 11) is 1.78. The molecule has 0 aliphatic heterocycles. The van der Waals surface area contributed by atoms with E-state index in [1.54, 1.807) is 13.2 Å². The molecule has 0 atom stereocenters. The van der Waals surface area contributed by atoms with Gasteiger partial charge in [-0.3, -0.25) is 9.67 Å². The average molecular weight is 369 g/mol. The zero-order valence-electron chi connectivity index (χ0n) is 10.2. The second-order valence-electron chi connectivity index (χ2n) is 3.19. The lowest BCUT2D eigenvalue weighted by atomic mass is 10.6. The first-order valence-corrected chi connectivity index (χ1v) is 6.67. The Morgan fingerprint density at radius 3 is 2.76 bits per heavy atom. The smallest absolute Gasteiger partial charge is 0.191 e. The molecule has 0 aliphatic carbocycles. The summed E-state index contributed by atoms with van der Waals surface area (Å²) < 4.78 is 1.89. The van der Waals surface area contributed by atoms with Gasteiger partial charge in [0.05, 0.1) is 6.54 Å². The highest BCUT2D eigenvalue weighted by atomic mass is 127. The molecule has 0 radical (unpaired) electrons. The summed E-state index contributed by atoms with van der Waals surface area (Å²) in [6, 6.07) is 1.92. The molecule has 0 saturated carbocycles. The minimum Gasteiger partial charge on any atom is -0.356 e. The van der Waals surface area contributed by atoms with Crippen molar-refractivity contribution in [2.24, 2.45) is 4.99 Å². The first-order chi connectivity index (χ1) is 7.86. The summed E-state index contributed by atoms with van der Waals surface area (Å²) in [5.41, 5.74) is 0. The Kier molecular flexibility index (Phi) is 10.4. The van der Waals surface area contributed by atoms with Crippen LogP contribution in [0.4, 0.5) is 0 Å². The number of nitrogens with zero attached hydrogens (tertiary/aromatic N) is 3. The Morgan fingerprint density at radius 1 is 1.41 bits per heavy atom. The summed E-state index contributed by atoms with van der Waals surface area (Å²) in [6.45, 7) is 2.60. The second kappa shape index (κ2) is 10.7. The summed E-state index contributed by atoms with van der Waals surface area (Å²) >= 11 is 1.82. The monoisotopic (exact) mass is 369 g/mol. The van der Waals surface area contributed by atoms with Gasteiger partial charge in [-0.1, -0.05) is 0 Å². The molecule has 1 heterocycles. The van der Waals surface area contributed by atoms with Crippen LogP contribution in [0.2, 0.25) is 0 Å². The number of aliphatic imine (C=N–C) groups is 1. The maximum absolute atomic E-state index is 4.13. The molecule has 0 amide bonds. The van der Waals surface area contributed by atoms with E-state index in [2.05, 4.69) is 27.0 Å². The van der Waals surface area contributed by atoms with Gasteiger partial charge in [0.1, 0.15) is 0 Å². The topological polar surface area (TPSA) is 54.2 Å². The van der Waals surface area contributed by atoms with Crippen molar-refractivity contribution in [3.05, 3.63) is 18.5 Å². The fourth-order valence-electron chi connectivity index (χ4n) is 1.21. The number of hydrogen-bond donors (Lipinski definition) is 2. The van der Waals surface area contributed by atoms with Crippen molar-refractivity contribution in [2.45, 2.75) is 6.54 Å². The van der Waals surface area contributed by atoms with Gasteiger partial charge in [-0.25, -0.2) is 0 Å². The van der Waals surface area contributed by atoms with E-state index in [9.17, 15) is 0 Å². The van der Waals surface area contributed by atoms with E-state index in [-0.39, 0.29) is 24.0 Å². The van der Waals surface area contributed by atoms with Crippen LogP contribution in [-0.4, -0.2) is 47.9 Å². The standard InChI is InChI=1S/C10H19N5S.HI/c1-11-10(13-6-9-16-2)12-5-8-15-7-3-4-14-15;/h3-4,7H,5-6,8-9H2,1-2H3,(H2,11,12,13);1H. The molecular weight excluding hydrogens is 349 g/mol. The molecule has 0 unspecified atom stereocenters. The van der Waals surface area contributed by atoms with Gasteiger partial charge in [0.25, 0.3) is 0 Å². The lowest BCUT2D eigenvalue weighted by molar-refractivity contribution is 0.598. The maximum Gasteiger partial charge on any atom is 0.191 e. The summed E-state index contributed by atoms with van der Waals surface area (Å²) in [6.07, 6.45) is 5.83. The van der Waals surface area contributed by atoms with E-state index in [0.29, 0.717) is 0 Å². The van der Waals surface area contributed by atoms with Crippen LogP contribution in [0.25, 0.3) is 0 Å². The summed E-state index contributed by atoms with van der Waals surface area (Å²) in [5, 5.41) is 10.6.